The molecule has 146 valence electrons. The number of hydrogen-bond acceptors (Lipinski definition) is 5. The number of likely N-dealkylation sites (N-methyl/N-ethyl adjacent to an activating group) is 1. The van der Waals surface area contributed by atoms with Crippen LogP contribution in [0.5, 0.6) is 0 Å². The summed E-state index contributed by atoms with van der Waals surface area (Å²) in [4.78, 5) is 27.3. The molecule has 1 aromatic heterocycles. The van der Waals surface area contributed by atoms with Crippen molar-refractivity contribution in [3.63, 3.8) is 0 Å². The number of piperazine rings is 1. The SMILES string of the molecule is CCN1CCN(c2nc(-c3ccc(F)cc3)c3c(n2)-c2ccccc2C3=O)CC1. The highest BCUT2D eigenvalue weighted by molar-refractivity contribution is 6.23. The number of fused-ring (bicyclic) bond motifs is 3. The first kappa shape index (κ1) is 17.9. The first-order chi connectivity index (χ1) is 14.2. The van der Waals surface area contributed by atoms with E-state index in [2.05, 4.69) is 16.7 Å². The van der Waals surface area contributed by atoms with E-state index in [4.69, 9.17) is 9.97 Å². The van der Waals surface area contributed by atoms with Gasteiger partial charge in [0.1, 0.15) is 5.82 Å². The normalized spacial score (nSPS) is 16.1. The van der Waals surface area contributed by atoms with Crippen LogP contribution in [0, 0.1) is 5.82 Å². The average molecular weight is 388 g/mol. The Kier molecular flexibility index (Phi) is 4.36. The lowest BCUT2D eigenvalue weighted by Gasteiger charge is -2.34. The van der Waals surface area contributed by atoms with Gasteiger partial charge in [-0.1, -0.05) is 31.2 Å². The third kappa shape index (κ3) is 3.00. The fourth-order valence-corrected chi connectivity index (χ4v) is 4.10. The number of aromatic nitrogens is 2. The Morgan fingerprint density at radius 2 is 1.55 bits per heavy atom. The molecule has 2 aliphatic rings. The highest BCUT2D eigenvalue weighted by atomic mass is 19.1. The zero-order valence-electron chi connectivity index (χ0n) is 16.2. The lowest BCUT2D eigenvalue weighted by Crippen LogP contribution is -2.46. The molecule has 1 saturated heterocycles. The van der Waals surface area contributed by atoms with Gasteiger partial charge < -0.3 is 9.80 Å². The molecule has 1 fully saturated rings. The highest BCUT2D eigenvalue weighted by Crippen LogP contribution is 2.40. The fraction of sp³-hybridized carbons (Fsp3) is 0.261. The third-order valence-corrected chi connectivity index (χ3v) is 5.77. The maximum Gasteiger partial charge on any atom is 0.226 e. The van der Waals surface area contributed by atoms with Crippen molar-refractivity contribution in [3.8, 4) is 22.5 Å². The maximum atomic E-state index is 13.5. The molecule has 5 rings (SSSR count). The summed E-state index contributed by atoms with van der Waals surface area (Å²) in [5.41, 5.74) is 3.96. The predicted octanol–water partition coefficient (Wildman–Crippen LogP) is 3.64. The number of anilines is 1. The molecule has 0 unspecified atom stereocenters. The minimum absolute atomic E-state index is 0.0720. The number of nitrogens with zero attached hydrogens (tertiary/aromatic N) is 4. The van der Waals surface area contributed by atoms with Gasteiger partial charge in [-0.2, -0.15) is 0 Å². The van der Waals surface area contributed by atoms with Crippen LogP contribution in [-0.2, 0) is 0 Å². The topological polar surface area (TPSA) is 49.3 Å². The number of hydrogen-bond donors (Lipinski definition) is 0. The molecule has 0 atom stereocenters. The molecule has 0 spiro atoms. The molecule has 0 saturated carbocycles. The molecular formula is C23H21FN4O. The van der Waals surface area contributed by atoms with Crippen molar-refractivity contribution < 1.29 is 9.18 Å². The van der Waals surface area contributed by atoms with Crippen molar-refractivity contribution in [2.45, 2.75) is 6.92 Å². The van der Waals surface area contributed by atoms with Gasteiger partial charge in [-0.3, -0.25) is 4.79 Å². The van der Waals surface area contributed by atoms with Crippen molar-refractivity contribution >= 4 is 11.7 Å². The standard InChI is InChI=1S/C23H21FN4O/c1-2-27-11-13-28(14-12-27)23-25-20(15-7-9-16(24)10-8-15)19-21(26-23)17-5-3-4-6-18(17)22(19)29/h3-10H,2,11-14H2,1H3. The van der Waals surface area contributed by atoms with E-state index >= 15 is 0 Å². The van der Waals surface area contributed by atoms with Crippen molar-refractivity contribution in [1.82, 2.24) is 14.9 Å². The zero-order chi connectivity index (χ0) is 20.0. The Balaban J connectivity index is 1.66. The molecular weight excluding hydrogens is 367 g/mol. The predicted molar refractivity (Wildman–Crippen MR) is 111 cm³/mol. The molecule has 0 radical (unpaired) electrons. The summed E-state index contributed by atoms with van der Waals surface area (Å²) in [5, 5.41) is 0. The first-order valence-electron chi connectivity index (χ1n) is 9.95. The second kappa shape index (κ2) is 7.04. The summed E-state index contributed by atoms with van der Waals surface area (Å²) < 4.78 is 13.5. The lowest BCUT2D eigenvalue weighted by molar-refractivity contribution is 0.104. The van der Waals surface area contributed by atoms with Crippen LogP contribution in [0.25, 0.3) is 22.5 Å². The van der Waals surface area contributed by atoms with Crippen LogP contribution in [0.1, 0.15) is 22.8 Å². The quantitative estimate of drug-likeness (QED) is 0.536. The Labute approximate surface area is 168 Å². The number of carbonyl (C=O) groups excluding carboxylic acids is 1. The van der Waals surface area contributed by atoms with Crippen molar-refractivity contribution in [1.29, 1.82) is 0 Å². The van der Waals surface area contributed by atoms with E-state index in [9.17, 15) is 9.18 Å². The molecule has 0 N–H and O–H groups in total. The van der Waals surface area contributed by atoms with Gasteiger partial charge >= 0.3 is 0 Å². The summed E-state index contributed by atoms with van der Waals surface area (Å²) in [6.45, 7) is 6.78. The van der Waals surface area contributed by atoms with Gasteiger partial charge in [-0.05, 0) is 30.8 Å². The average Bonchev–Trinajstić information content (AvgIpc) is 3.06. The lowest BCUT2D eigenvalue weighted by atomic mass is 10.0. The van der Waals surface area contributed by atoms with E-state index < -0.39 is 0 Å². The summed E-state index contributed by atoms with van der Waals surface area (Å²) in [5.74, 6) is 0.241. The molecule has 6 heteroatoms. The molecule has 1 aliphatic carbocycles. The molecule has 0 bridgehead atoms. The fourth-order valence-electron chi connectivity index (χ4n) is 4.10. The van der Waals surface area contributed by atoms with E-state index in [0.29, 0.717) is 28.5 Å². The molecule has 0 amide bonds. The number of ketones is 1. The van der Waals surface area contributed by atoms with Crippen LogP contribution in [-0.4, -0.2) is 53.4 Å². The molecule has 1 aliphatic heterocycles. The van der Waals surface area contributed by atoms with Gasteiger partial charge in [0.15, 0.2) is 5.78 Å². The van der Waals surface area contributed by atoms with Crippen LogP contribution in [0.4, 0.5) is 10.3 Å². The molecule has 3 aromatic rings. The summed E-state index contributed by atoms with van der Waals surface area (Å²) >= 11 is 0. The van der Waals surface area contributed by atoms with Crippen LogP contribution >= 0.6 is 0 Å². The largest absolute Gasteiger partial charge is 0.338 e. The van der Waals surface area contributed by atoms with Crippen molar-refractivity contribution in [2.24, 2.45) is 0 Å². The van der Waals surface area contributed by atoms with Gasteiger partial charge in [0, 0.05) is 42.9 Å². The number of benzene rings is 2. The molecule has 2 aromatic carbocycles. The van der Waals surface area contributed by atoms with E-state index in [0.717, 1.165) is 43.9 Å². The first-order valence-corrected chi connectivity index (χ1v) is 9.95. The van der Waals surface area contributed by atoms with Gasteiger partial charge in [0.25, 0.3) is 0 Å². The van der Waals surface area contributed by atoms with Crippen molar-refractivity contribution in [3.05, 3.63) is 65.5 Å². The van der Waals surface area contributed by atoms with E-state index in [1.165, 1.54) is 12.1 Å². The Bertz CT molecular complexity index is 1090. The second-order valence-electron chi connectivity index (χ2n) is 7.40. The van der Waals surface area contributed by atoms with Crippen LogP contribution in [0.15, 0.2) is 48.5 Å². The summed E-state index contributed by atoms with van der Waals surface area (Å²) in [6.07, 6.45) is 0. The number of rotatable bonds is 3. The van der Waals surface area contributed by atoms with Crippen molar-refractivity contribution in [2.75, 3.05) is 37.6 Å². The van der Waals surface area contributed by atoms with Crippen LogP contribution < -0.4 is 4.90 Å². The maximum absolute atomic E-state index is 13.5. The zero-order valence-corrected chi connectivity index (χ0v) is 16.2. The Hall–Kier alpha value is -3.12. The van der Waals surface area contributed by atoms with Gasteiger partial charge in [0.05, 0.1) is 17.0 Å². The Morgan fingerprint density at radius 3 is 2.24 bits per heavy atom. The molecule has 5 nitrogen and oxygen atoms in total. The van der Waals surface area contributed by atoms with Gasteiger partial charge in [0.2, 0.25) is 5.95 Å². The molecule has 2 heterocycles. The highest BCUT2D eigenvalue weighted by Gasteiger charge is 2.33. The minimum Gasteiger partial charge on any atom is -0.338 e. The third-order valence-electron chi connectivity index (χ3n) is 5.77. The summed E-state index contributed by atoms with van der Waals surface area (Å²) in [7, 11) is 0. The minimum atomic E-state index is -0.315. The number of halogens is 1. The van der Waals surface area contributed by atoms with Crippen LogP contribution in [0.3, 0.4) is 0 Å². The monoisotopic (exact) mass is 388 g/mol. The van der Waals surface area contributed by atoms with Crippen LogP contribution in [0.2, 0.25) is 0 Å². The Morgan fingerprint density at radius 1 is 0.897 bits per heavy atom. The molecule has 29 heavy (non-hydrogen) atoms. The van der Waals surface area contributed by atoms with E-state index in [-0.39, 0.29) is 11.6 Å². The number of carbonyl (C=O) groups is 1. The summed E-state index contributed by atoms with van der Waals surface area (Å²) in [6, 6.07) is 13.7. The van der Waals surface area contributed by atoms with Gasteiger partial charge in [-0.25, -0.2) is 14.4 Å². The second-order valence-corrected chi connectivity index (χ2v) is 7.40. The van der Waals surface area contributed by atoms with E-state index in [1.54, 1.807) is 12.1 Å². The van der Waals surface area contributed by atoms with E-state index in [1.807, 2.05) is 24.3 Å². The smallest absolute Gasteiger partial charge is 0.226 e. The van der Waals surface area contributed by atoms with Gasteiger partial charge in [-0.15, -0.1) is 0 Å².